The van der Waals surface area contributed by atoms with Crippen LogP contribution in [0.2, 0.25) is 0 Å². The predicted octanol–water partition coefficient (Wildman–Crippen LogP) is 1.71. The smallest absolute Gasteiger partial charge is 0.261 e. The van der Waals surface area contributed by atoms with Crippen LogP contribution in [-0.2, 0) is 21.4 Å². The number of carbonyl (C=O) groups excluding carboxylic acids is 2. The molecule has 27 heavy (non-hydrogen) atoms. The van der Waals surface area contributed by atoms with E-state index in [1.807, 2.05) is 13.0 Å². The maximum Gasteiger partial charge on any atom is 0.261 e. The molecule has 1 aromatic carbocycles. The molecule has 0 unspecified atom stereocenters. The first-order valence-electron chi connectivity index (χ1n) is 8.37. The van der Waals surface area contributed by atoms with E-state index in [0.717, 1.165) is 10.4 Å². The fourth-order valence-electron chi connectivity index (χ4n) is 2.33. The molecule has 2 rings (SSSR count). The molecule has 146 valence electrons. The van der Waals surface area contributed by atoms with Gasteiger partial charge in [0.25, 0.3) is 5.91 Å². The van der Waals surface area contributed by atoms with E-state index in [1.54, 1.807) is 31.2 Å². The monoisotopic (exact) mass is 409 g/mol. The van der Waals surface area contributed by atoms with Gasteiger partial charge in [0.05, 0.1) is 16.3 Å². The van der Waals surface area contributed by atoms with Crippen molar-refractivity contribution in [1.82, 2.24) is 15.4 Å². The number of amides is 2. The molecule has 1 heterocycles. The Balaban J connectivity index is 1.84. The highest BCUT2D eigenvalue weighted by Gasteiger charge is 2.16. The van der Waals surface area contributed by atoms with E-state index in [9.17, 15) is 18.0 Å². The summed E-state index contributed by atoms with van der Waals surface area (Å²) in [5, 5.41) is 5.35. The largest absolute Gasteiger partial charge is 0.351 e. The van der Waals surface area contributed by atoms with Gasteiger partial charge in [-0.05, 0) is 43.2 Å². The van der Waals surface area contributed by atoms with Crippen LogP contribution in [0.4, 0.5) is 0 Å². The van der Waals surface area contributed by atoms with Crippen molar-refractivity contribution in [2.24, 2.45) is 0 Å². The molecule has 0 aliphatic heterocycles. The minimum Gasteiger partial charge on any atom is -0.351 e. The van der Waals surface area contributed by atoms with Gasteiger partial charge >= 0.3 is 0 Å². The normalized spacial score (nSPS) is 11.2. The third-order valence-electron chi connectivity index (χ3n) is 3.73. The molecule has 2 aromatic rings. The van der Waals surface area contributed by atoms with E-state index in [4.69, 9.17) is 0 Å². The molecule has 3 N–H and O–H groups in total. The fraction of sp³-hybridized carbons (Fsp3) is 0.333. The van der Waals surface area contributed by atoms with Gasteiger partial charge in [-0.25, -0.2) is 13.1 Å². The molecule has 0 bridgehead atoms. The van der Waals surface area contributed by atoms with Crippen molar-refractivity contribution >= 4 is 33.2 Å². The van der Waals surface area contributed by atoms with Crippen LogP contribution in [0.5, 0.6) is 0 Å². The van der Waals surface area contributed by atoms with Gasteiger partial charge in [-0.2, -0.15) is 0 Å². The molecule has 0 saturated carbocycles. The molecule has 0 fully saturated rings. The van der Waals surface area contributed by atoms with Crippen molar-refractivity contribution in [2.45, 2.75) is 32.2 Å². The Bertz CT molecular complexity index is 936. The molecule has 7 nitrogen and oxygen atoms in total. The van der Waals surface area contributed by atoms with Crippen LogP contribution in [0, 0.1) is 13.8 Å². The van der Waals surface area contributed by atoms with E-state index >= 15 is 0 Å². The minimum atomic E-state index is -3.63. The van der Waals surface area contributed by atoms with E-state index in [1.165, 1.54) is 18.3 Å². The highest BCUT2D eigenvalue weighted by molar-refractivity contribution is 7.89. The van der Waals surface area contributed by atoms with Gasteiger partial charge < -0.3 is 10.6 Å². The summed E-state index contributed by atoms with van der Waals surface area (Å²) in [5.74, 6) is -0.412. The lowest BCUT2D eigenvalue weighted by atomic mass is 10.2. The Hall–Kier alpha value is -2.23. The highest BCUT2D eigenvalue weighted by Crippen LogP contribution is 2.17. The lowest BCUT2D eigenvalue weighted by Crippen LogP contribution is -2.34. The van der Waals surface area contributed by atoms with Gasteiger partial charge in [-0.3, -0.25) is 9.59 Å². The lowest BCUT2D eigenvalue weighted by Gasteiger charge is -2.10. The maximum absolute atomic E-state index is 12.4. The van der Waals surface area contributed by atoms with Gasteiger partial charge in [0.2, 0.25) is 15.9 Å². The van der Waals surface area contributed by atoms with Crippen LogP contribution in [0.1, 0.15) is 32.6 Å². The summed E-state index contributed by atoms with van der Waals surface area (Å²) in [4.78, 5) is 24.7. The molecule has 0 aliphatic carbocycles. The van der Waals surface area contributed by atoms with Crippen LogP contribution >= 0.6 is 11.3 Å². The second-order valence-corrected chi connectivity index (χ2v) is 9.00. The third-order valence-corrected chi connectivity index (χ3v) is 6.42. The minimum absolute atomic E-state index is 0.0889. The molecule has 0 atom stereocenters. The topological polar surface area (TPSA) is 104 Å². The number of hydrogen-bond donors (Lipinski definition) is 3. The number of rotatable bonds is 8. The number of benzene rings is 1. The molecule has 9 heteroatoms. The van der Waals surface area contributed by atoms with Crippen LogP contribution in [0.25, 0.3) is 0 Å². The predicted molar refractivity (Wildman–Crippen MR) is 105 cm³/mol. The number of nitrogens with one attached hydrogen (secondary N) is 3. The van der Waals surface area contributed by atoms with Crippen LogP contribution in [-0.4, -0.2) is 33.3 Å². The van der Waals surface area contributed by atoms with Crippen molar-refractivity contribution in [3.05, 3.63) is 51.2 Å². The van der Waals surface area contributed by atoms with Crippen molar-refractivity contribution in [3.8, 4) is 0 Å². The molecule has 0 aliphatic rings. The Labute approximate surface area is 163 Å². The molecule has 0 saturated heterocycles. The molecule has 0 radical (unpaired) electrons. The zero-order chi connectivity index (χ0) is 20.0. The Kier molecular flexibility index (Phi) is 7.11. The second-order valence-electron chi connectivity index (χ2n) is 6.10. The van der Waals surface area contributed by atoms with Gasteiger partial charge in [0.15, 0.2) is 0 Å². The van der Waals surface area contributed by atoms with Crippen LogP contribution in [0.15, 0.2) is 35.2 Å². The molecule has 2 amide bonds. The van der Waals surface area contributed by atoms with Crippen molar-refractivity contribution in [1.29, 1.82) is 0 Å². The van der Waals surface area contributed by atoms with E-state index in [0.29, 0.717) is 17.0 Å². The number of aryl methyl sites for hydroxylation is 2. The molecule has 0 spiro atoms. The average molecular weight is 410 g/mol. The number of carbonyl (C=O) groups is 2. The quantitative estimate of drug-likeness (QED) is 0.577. The third kappa shape index (κ3) is 6.16. The second kappa shape index (κ2) is 9.12. The van der Waals surface area contributed by atoms with Crippen molar-refractivity contribution in [2.75, 3.05) is 13.1 Å². The van der Waals surface area contributed by atoms with Crippen LogP contribution in [0.3, 0.4) is 0 Å². The fourth-order valence-corrected chi connectivity index (χ4v) is 4.55. The maximum atomic E-state index is 12.4. The number of hydrogen-bond acceptors (Lipinski definition) is 5. The first kappa shape index (κ1) is 21.1. The van der Waals surface area contributed by atoms with Gasteiger partial charge in [0, 0.05) is 24.9 Å². The van der Waals surface area contributed by atoms with Gasteiger partial charge in [-0.15, -0.1) is 11.3 Å². The number of sulfonamides is 1. The van der Waals surface area contributed by atoms with E-state index in [2.05, 4.69) is 15.4 Å². The van der Waals surface area contributed by atoms with E-state index in [-0.39, 0.29) is 29.8 Å². The summed E-state index contributed by atoms with van der Waals surface area (Å²) < 4.78 is 27.3. The Morgan fingerprint density at radius 3 is 2.48 bits per heavy atom. The van der Waals surface area contributed by atoms with Gasteiger partial charge in [0.1, 0.15) is 0 Å². The molecular formula is C18H23N3O4S2. The number of thiophene rings is 1. The SMILES string of the molecule is CC(=O)NCc1ccc(C(=O)NCCNS(=O)(=O)c2cc(C)ccc2C)s1. The highest BCUT2D eigenvalue weighted by atomic mass is 32.2. The summed E-state index contributed by atoms with van der Waals surface area (Å²) in [5.41, 5.74) is 1.53. The summed E-state index contributed by atoms with van der Waals surface area (Å²) in [7, 11) is -3.63. The summed E-state index contributed by atoms with van der Waals surface area (Å²) >= 11 is 1.28. The summed E-state index contributed by atoms with van der Waals surface area (Å²) in [6, 6.07) is 8.70. The summed E-state index contributed by atoms with van der Waals surface area (Å²) in [6.45, 7) is 5.64. The Morgan fingerprint density at radius 1 is 1.04 bits per heavy atom. The summed E-state index contributed by atoms with van der Waals surface area (Å²) in [6.07, 6.45) is 0. The zero-order valence-corrected chi connectivity index (χ0v) is 17.1. The standard InChI is InChI=1S/C18H23N3O4S2/c1-12-4-5-13(2)17(10-12)27(24,25)21-9-8-19-18(23)16-7-6-15(26-16)11-20-14(3)22/h4-7,10,21H,8-9,11H2,1-3H3,(H,19,23)(H,20,22). The molecule has 1 aromatic heterocycles. The first-order chi connectivity index (χ1) is 12.7. The Morgan fingerprint density at radius 2 is 1.78 bits per heavy atom. The lowest BCUT2D eigenvalue weighted by molar-refractivity contribution is -0.119. The zero-order valence-electron chi connectivity index (χ0n) is 15.5. The first-order valence-corrected chi connectivity index (χ1v) is 10.7. The van der Waals surface area contributed by atoms with Gasteiger partial charge in [-0.1, -0.05) is 12.1 Å². The average Bonchev–Trinajstić information content (AvgIpc) is 3.08. The molecular weight excluding hydrogens is 386 g/mol. The van der Waals surface area contributed by atoms with Crippen molar-refractivity contribution in [3.63, 3.8) is 0 Å². The van der Waals surface area contributed by atoms with E-state index < -0.39 is 10.0 Å². The van der Waals surface area contributed by atoms with Crippen LogP contribution < -0.4 is 15.4 Å². The van der Waals surface area contributed by atoms with Crippen molar-refractivity contribution < 1.29 is 18.0 Å².